The first-order valence-electron chi connectivity index (χ1n) is 11.1. The van der Waals surface area contributed by atoms with Gasteiger partial charge in [0, 0.05) is 16.5 Å². The first kappa shape index (κ1) is 28.5. The zero-order valence-electron chi connectivity index (χ0n) is 19.9. The predicted molar refractivity (Wildman–Crippen MR) is 160 cm³/mol. The molecule has 0 unspecified atom stereocenters. The second kappa shape index (κ2) is 10.9. The molecule has 0 aliphatic rings. The number of halogens is 4. The Kier molecular flexibility index (Phi) is 8.18. The number of carbonyl (C=O) groups is 1. The predicted octanol–water partition coefficient (Wildman–Crippen LogP) is 9.57. The average molecular weight is 772 g/mol. The van der Waals surface area contributed by atoms with E-state index in [1.807, 2.05) is 26.0 Å². The summed E-state index contributed by atoms with van der Waals surface area (Å²) in [6.45, 7) is 3.92. The normalized spacial score (nSPS) is 11.4. The maximum atomic E-state index is 11.7. The van der Waals surface area contributed by atoms with Crippen molar-refractivity contribution in [1.82, 2.24) is 0 Å². The quantitative estimate of drug-likeness (QED) is 0.119. The molecule has 0 aliphatic heterocycles. The van der Waals surface area contributed by atoms with E-state index in [1.54, 1.807) is 36.4 Å². The van der Waals surface area contributed by atoms with Crippen LogP contribution in [0.1, 0.15) is 25.0 Å². The third-order valence-electron chi connectivity index (χ3n) is 6.25. The van der Waals surface area contributed by atoms with Crippen molar-refractivity contribution in [2.24, 2.45) is 0 Å². The van der Waals surface area contributed by atoms with Gasteiger partial charge in [0.1, 0.15) is 17.2 Å². The number of aromatic hydroxyl groups is 3. The standard InChI is InChI=1S/C28H20Br4O6/c1-28(2,15-5-7-17(29)25(35)23(15)13-3-9-21(33)19(31)11-13)16-6-8-18(30)26(38-27(36)37)24(16)14-4-10-22(34)20(32)12-14/h3-12,33-35H,1-2H3,(H,36,37). The van der Waals surface area contributed by atoms with Crippen LogP contribution in [-0.2, 0) is 5.41 Å². The van der Waals surface area contributed by atoms with Gasteiger partial charge in [-0.3, -0.25) is 0 Å². The summed E-state index contributed by atoms with van der Waals surface area (Å²) in [4.78, 5) is 11.7. The van der Waals surface area contributed by atoms with E-state index in [9.17, 15) is 25.2 Å². The van der Waals surface area contributed by atoms with Gasteiger partial charge in [0.05, 0.1) is 17.9 Å². The topological polar surface area (TPSA) is 107 Å². The highest BCUT2D eigenvalue weighted by atomic mass is 79.9. The lowest BCUT2D eigenvalue weighted by atomic mass is 9.72. The van der Waals surface area contributed by atoms with Crippen molar-refractivity contribution in [1.29, 1.82) is 0 Å². The Morgan fingerprint density at radius 2 is 1.16 bits per heavy atom. The molecule has 10 heteroatoms. The summed E-state index contributed by atoms with van der Waals surface area (Å²) in [6.07, 6.45) is -1.48. The zero-order chi connectivity index (χ0) is 27.9. The maximum absolute atomic E-state index is 11.7. The van der Waals surface area contributed by atoms with Gasteiger partial charge in [-0.15, -0.1) is 0 Å². The van der Waals surface area contributed by atoms with Gasteiger partial charge in [-0.2, -0.15) is 0 Å². The number of carboxylic acid groups (broad SMARTS) is 1. The van der Waals surface area contributed by atoms with Gasteiger partial charge < -0.3 is 25.2 Å². The van der Waals surface area contributed by atoms with Crippen LogP contribution in [0.2, 0.25) is 0 Å². The molecular weight excluding hydrogens is 752 g/mol. The van der Waals surface area contributed by atoms with Gasteiger partial charge in [-0.1, -0.05) is 38.1 Å². The van der Waals surface area contributed by atoms with Crippen molar-refractivity contribution < 1.29 is 30.0 Å². The van der Waals surface area contributed by atoms with E-state index < -0.39 is 11.6 Å². The van der Waals surface area contributed by atoms with Crippen LogP contribution in [0.3, 0.4) is 0 Å². The number of rotatable bonds is 5. The lowest BCUT2D eigenvalue weighted by Gasteiger charge is -2.32. The SMILES string of the molecule is CC(C)(c1ccc(Br)c(O)c1-c1ccc(O)c(Br)c1)c1ccc(Br)c(OC(=O)O)c1-c1ccc(O)c(Br)c1. The van der Waals surface area contributed by atoms with Gasteiger partial charge in [0.15, 0.2) is 5.75 Å². The summed E-state index contributed by atoms with van der Waals surface area (Å²) in [5, 5.41) is 40.9. The third kappa shape index (κ3) is 5.32. The van der Waals surface area contributed by atoms with Crippen LogP contribution < -0.4 is 4.74 Å². The Bertz CT molecular complexity index is 1580. The van der Waals surface area contributed by atoms with Crippen molar-refractivity contribution >= 4 is 69.9 Å². The van der Waals surface area contributed by atoms with Crippen LogP contribution in [-0.4, -0.2) is 26.6 Å². The maximum Gasteiger partial charge on any atom is 0.511 e. The van der Waals surface area contributed by atoms with Gasteiger partial charge in [0.2, 0.25) is 0 Å². The highest BCUT2D eigenvalue weighted by molar-refractivity contribution is 9.11. The van der Waals surface area contributed by atoms with E-state index in [4.69, 9.17) is 4.74 Å². The second-order valence-corrected chi connectivity index (χ2v) is 12.4. The Balaban J connectivity index is 2.07. The Labute approximate surface area is 252 Å². The molecule has 0 atom stereocenters. The van der Waals surface area contributed by atoms with Crippen LogP contribution in [0.15, 0.2) is 78.6 Å². The van der Waals surface area contributed by atoms with Crippen molar-refractivity contribution in [2.75, 3.05) is 0 Å². The molecule has 0 bridgehead atoms. The van der Waals surface area contributed by atoms with E-state index in [2.05, 4.69) is 63.7 Å². The molecule has 6 nitrogen and oxygen atoms in total. The Morgan fingerprint density at radius 1 is 0.684 bits per heavy atom. The highest BCUT2D eigenvalue weighted by Gasteiger charge is 2.33. The molecule has 0 saturated carbocycles. The first-order chi connectivity index (χ1) is 17.8. The summed E-state index contributed by atoms with van der Waals surface area (Å²) >= 11 is 13.5. The molecule has 0 amide bonds. The summed E-state index contributed by atoms with van der Waals surface area (Å²) in [5.41, 5.74) is 2.90. The molecule has 0 radical (unpaired) electrons. The summed E-state index contributed by atoms with van der Waals surface area (Å²) in [7, 11) is 0. The summed E-state index contributed by atoms with van der Waals surface area (Å²) < 4.78 is 7.07. The molecule has 196 valence electrons. The number of hydrogen-bond donors (Lipinski definition) is 4. The minimum Gasteiger partial charge on any atom is -0.507 e. The molecule has 0 heterocycles. The first-order valence-corrected chi connectivity index (χ1v) is 14.2. The van der Waals surface area contributed by atoms with Gasteiger partial charge >= 0.3 is 6.16 Å². The number of ether oxygens (including phenoxy) is 1. The van der Waals surface area contributed by atoms with Crippen LogP contribution in [0.4, 0.5) is 4.79 Å². The lowest BCUT2D eigenvalue weighted by molar-refractivity contribution is 0.144. The molecule has 0 aromatic heterocycles. The summed E-state index contributed by atoms with van der Waals surface area (Å²) in [6, 6.07) is 17.0. The number of hydrogen-bond acceptors (Lipinski definition) is 5. The molecule has 4 rings (SSSR count). The van der Waals surface area contributed by atoms with Crippen LogP contribution in [0.5, 0.6) is 23.0 Å². The molecule has 4 aromatic carbocycles. The lowest BCUT2D eigenvalue weighted by Crippen LogP contribution is -2.22. The van der Waals surface area contributed by atoms with Crippen LogP contribution >= 0.6 is 63.7 Å². The minimum atomic E-state index is -1.48. The largest absolute Gasteiger partial charge is 0.511 e. The fourth-order valence-electron chi connectivity index (χ4n) is 4.40. The van der Waals surface area contributed by atoms with E-state index in [0.717, 1.165) is 5.56 Å². The molecule has 0 aliphatic carbocycles. The van der Waals surface area contributed by atoms with E-state index in [-0.39, 0.29) is 23.0 Å². The van der Waals surface area contributed by atoms with Crippen molar-refractivity contribution in [3.05, 3.63) is 89.7 Å². The van der Waals surface area contributed by atoms with Gasteiger partial charge in [-0.25, -0.2) is 4.79 Å². The van der Waals surface area contributed by atoms with E-state index in [0.29, 0.717) is 45.7 Å². The highest BCUT2D eigenvalue weighted by Crippen LogP contribution is 2.51. The number of benzene rings is 4. The van der Waals surface area contributed by atoms with E-state index in [1.165, 1.54) is 12.1 Å². The number of phenols is 3. The van der Waals surface area contributed by atoms with Crippen LogP contribution in [0, 0.1) is 0 Å². The summed E-state index contributed by atoms with van der Waals surface area (Å²) in [5.74, 6) is 0.202. The smallest absolute Gasteiger partial charge is 0.507 e. The average Bonchev–Trinajstić information content (AvgIpc) is 2.85. The van der Waals surface area contributed by atoms with Gasteiger partial charge in [0.25, 0.3) is 0 Å². The molecule has 0 fully saturated rings. The van der Waals surface area contributed by atoms with Crippen molar-refractivity contribution in [2.45, 2.75) is 19.3 Å². The minimum absolute atomic E-state index is 0.0150. The van der Waals surface area contributed by atoms with Gasteiger partial charge in [-0.05, 0) is 122 Å². The molecule has 4 N–H and O–H groups in total. The number of phenolic OH excluding ortho intramolecular Hbond substituents is 3. The molecular formula is C28H20Br4O6. The third-order valence-corrected chi connectivity index (χ3v) is 8.78. The molecule has 0 spiro atoms. The fourth-order valence-corrected chi connectivity index (χ4v) is 5.90. The molecule has 0 saturated heterocycles. The fraction of sp³-hybridized carbons (Fsp3) is 0.107. The van der Waals surface area contributed by atoms with Crippen molar-refractivity contribution in [3.63, 3.8) is 0 Å². The molecule has 38 heavy (non-hydrogen) atoms. The van der Waals surface area contributed by atoms with Crippen molar-refractivity contribution in [3.8, 4) is 45.3 Å². The Hall–Kier alpha value is -2.53. The monoisotopic (exact) mass is 768 g/mol. The second-order valence-electron chi connectivity index (χ2n) is 8.94. The Morgan fingerprint density at radius 3 is 1.66 bits per heavy atom. The molecule has 4 aromatic rings. The van der Waals surface area contributed by atoms with Crippen LogP contribution in [0.25, 0.3) is 22.3 Å². The van der Waals surface area contributed by atoms with E-state index >= 15 is 0 Å². The zero-order valence-corrected chi connectivity index (χ0v) is 26.2.